The molecule has 0 saturated carbocycles. The van der Waals surface area contributed by atoms with E-state index in [1.165, 1.54) is 103 Å². The van der Waals surface area contributed by atoms with Gasteiger partial charge in [0.25, 0.3) is 10.1 Å². The lowest BCUT2D eigenvalue weighted by atomic mass is 10.00. The Morgan fingerprint density at radius 1 is 0.556 bits per heavy atom. The van der Waals surface area contributed by atoms with E-state index in [2.05, 4.69) is 50.3 Å². The van der Waals surface area contributed by atoms with Crippen LogP contribution in [0, 0.1) is 0 Å². The van der Waals surface area contributed by atoms with Gasteiger partial charge >= 0.3 is 11.9 Å². The van der Waals surface area contributed by atoms with E-state index in [9.17, 15) is 37.9 Å². The number of allylic oxidation sites excluding steroid dienone is 6. The van der Waals surface area contributed by atoms with Crippen molar-refractivity contribution in [3.8, 4) is 0 Å². The van der Waals surface area contributed by atoms with Crippen molar-refractivity contribution in [2.24, 2.45) is 0 Å². The zero-order valence-corrected chi connectivity index (χ0v) is 40.2. The van der Waals surface area contributed by atoms with Crippen LogP contribution in [0.2, 0.25) is 0 Å². The van der Waals surface area contributed by atoms with Crippen molar-refractivity contribution in [1.29, 1.82) is 0 Å². The standard InChI is InChI=1S/C50H90O12S/c1-3-5-7-9-11-13-15-17-19-20-21-22-23-25-26-28-30-32-34-36-38-45(51)59-40-43(41-60-50-49(55)48(54)47(53)44(62-50)42-63(56,57)58)61-46(52)39-37-35-33-31-29-27-24-18-16-14-12-10-8-6-4-2/h6,8,12,14,18,24,43-44,47-50,53-55H,3-5,7,9-11,13,15-17,19-23,25-42H2,1-2H3,(H,56,57,58)/b8-6-,14-12-,24-18-. The van der Waals surface area contributed by atoms with Crippen molar-refractivity contribution in [3.05, 3.63) is 36.5 Å². The molecule has 1 saturated heterocycles. The van der Waals surface area contributed by atoms with Crippen LogP contribution < -0.4 is 0 Å². The number of hydrogen-bond acceptors (Lipinski definition) is 11. The Morgan fingerprint density at radius 3 is 1.49 bits per heavy atom. The van der Waals surface area contributed by atoms with Crippen molar-refractivity contribution in [3.63, 3.8) is 0 Å². The summed E-state index contributed by atoms with van der Waals surface area (Å²) in [4.78, 5) is 25.5. The summed E-state index contributed by atoms with van der Waals surface area (Å²) in [5, 5.41) is 30.9. The predicted molar refractivity (Wildman–Crippen MR) is 252 cm³/mol. The Balaban J connectivity index is 2.37. The second kappa shape index (κ2) is 40.2. The van der Waals surface area contributed by atoms with Crippen molar-refractivity contribution < 1.29 is 56.8 Å². The molecule has 1 aliphatic rings. The average molecular weight is 915 g/mol. The summed E-state index contributed by atoms with van der Waals surface area (Å²) in [6.45, 7) is 3.66. The van der Waals surface area contributed by atoms with E-state index < -0.39 is 71.2 Å². The fourth-order valence-electron chi connectivity index (χ4n) is 7.63. The van der Waals surface area contributed by atoms with E-state index in [1.54, 1.807) is 0 Å². The minimum absolute atomic E-state index is 0.146. The van der Waals surface area contributed by atoms with E-state index >= 15 is 0 Å². The molecule has 0 spiro atoms. The minimum atomic E-state index is -4.61. The third-order valence-electron chi connectivity index (χ3n) is 11.5. The molecular formula is C50H90O12S. The molecule has 1 rings (SSSR count). The lowest BCUT2D eigenvalue weighted by Gasteiger charge is -2.40. The van der Waals surface area contributed by atoms with Crippen LogP contribution in [0.3, 0.4) is 0 Å². The molecule has 0 amide bonds. The molecule has 0 aliphatic carbocycles. The first kappa shape index (κ1) is 58.9. The molecule has 0 radical (unpaired) electrons. The second-order valence-corrected chi connectivity index (χ2v) is 19.0. The van der Waals surface area contributed by atoms with Gasteiger partial charge < -0.3 is 34.3 Å². The Labute approximate surface area is 382 Å². The molecule has 368 valence electrons. The van der Waals surface area contributed by atoms with Crippen LogP contribution >= 0.6 is 0 Å². The summed E-state index contributed by atoms with van der Waals surface area (Å²) < 4.78 is 54.2. The molecule has 0 aromatic rings. The predicted octanol–water partition coefficient (Wildman–Crippen LogP) is 11.0. The summed E-state index contributed by atoms with van der Waals surface area (Å²) >= 11 is 0. The largest absolute Gasteiger partial charge is 0.462 e. The van der Waals surface area contributed by atoms with Gasteiger partial charge in [-0.1, -0.05) is 192 Å². The van der Waals surface area contributed by atoms with Crippen LogP contribution in [0.15, 0.2) is 36.5 Å². The van der Waals surface area contributed by atoms with Gasteiger partial charge in [-0.2, -0.15) is 8.42 Å². The summed E-state index contributed by atoms with van der Waals surface area (Å²) in [6.07, 6.45) is 37.6. The first-order chi connectivity index (χ1) is 30.5. The third kappa shape index (κ3) is 34.8. The van der Waals surface area contributed by atoms with Crippen LogP contribution in [-0.2, 0) is 38.7 Å². The van der Waals surface area contributed by atoms with Gasteiger partial charge in [-0.05, 0) is 44.9 Å². The highest BCUT2D eigenvalue weighted by Crippen LogP contribution is 2.24. The summed E-state index contributed by atoms with van der Waals surface area (Å²) in [7, 11) is -4.61. The fraction of sp³-hybridized carbons (Fsp3) is 0.840. The molecule has 6 atom stereocenters. The number of rotatable bonds is 42. The van der Waals surface area contributed by atoms with Gasteiger partial charge in [-0.15, -0.1) is 0 Å². The lowest BCUT2D eigenvalue weighted by molar-refractivity contribution is -0.297. The van der Waals surface area contributed by atoms with Gasteiger partial charge in [0, 0.05) is 12.8 Å². The number of hydrogen-bond donors (Lipinski definition) is 4. The number of carbonyl (C=O) groups excluding carboxylic acids is 2. The molecule has 13 heteroatoms. The van der Waals surface area contributed by atoms with Crippen LogP contribution in [0.5, 0.6) is 0 Å². The normalized spacial score (nSPS) is 20.0. The Morgan fingerprint density at radius 2 is 1.00 bits per heavy atom. The molecule has 63 heavy (non-hydrogen) atoms. The molecule has 1 aliphatic heterocycles. The number of ether oxygens (including phenoxy) is 4. The first-order valence-electron chi connectivity index (χ1n) is 25.0. The highest BCUT2D eigenvalue weighted by Gasteiger charge is 2.46. The summed E-state index contributed by atoms with van der Waals surface area (Å²) in [6, 6.07) is 0. The number of unbranched alkanes of at least 4 members (excludes halogenated alkanes) is 24. The maximum absolute atomic E-state index is 12.8. The molecule has 0 bridgehead atoms. The number of esters is 2. The Hall–Kier alpha value is -2.13. The maximum atomic E-state index is 12.8. The highest BCUT2D eigenvalue weighted by atomic mass is 32.2. The topological polar surface area (TPSA) is 186 Å². The lowest BCUT2D eigenvalue weighted by Crippen LogP contribution is -2.60. The smallest absolute Gasteiger partial charge is 0.306 e. The van der Waals surface area contributed by atoms with Crippen LogP contribution in [0.1, 0.15) is 213 Å². The molecule has 6 unspecified atom stereocenters. The summed E-state index contributed by atoms with van der Waals surface area (Å²) in [5.41, 5.74) is 0. The zero-order valence-electron chi connectivity index (χ0n) is 39.4. The molecular weight excluding hydrogens is 825 g/mol. The molecule has 0 aromatic heterocycles. The number of aliphatic hydroxyl groups excluding tert-OH is 3. The van der Waals surface area contributed by atoms with Crippen LogP contribution in [0.25, 0.3) is 0 Å². The van der Waals surface area contributed by atoms with Crippen LogP contribution in [-0.4, -0.2) is 96.0 Å². The SMILES string of the molecule is CC/C=C\C/C=C\C/C=C\CCCCCCCC(=O)OC(COC(=O)CCCCCCCCCCCCCCCCCCCCCC)COC1OC(CS(=O)(=O)O)C(O)C(O)C1O. The Bertz CT molecular complexity index is 1300. The third-order valence-corrected chi connectivity index (χ3v) is 12.2. The van der Waals surface area contributed by atoms with Gasteiger partial charge in [0.1, 0.15) is 36.8 Å². The fourth-order valence-corrected chi connectivity index (χ4v) is 8.32. The van der Waals surface area contributed by atoms with E-state index in [0.717, 1.165) is 70.6 Å². The molecule has 1 heterocycles. The quantitative estimate of drug-likeness (QED) is 0.0197. The van der Waals surface area contributed by atoms with Gasteiger partial charge in [0.05, 0.1) is 6.61 Å². The molecule has 1 fully saturated rings. The molecule has 0 aromatic carbocycles. The average Bonchev–Trinajstić information content (AvgIpc) is 3.25. The van der Waals surface area contributed by atoms with Gasteiger partial charge in [-0.3, -0.25) is 14.1 Å². The van der Waals surface area contributed by atoms with E-state index in [4.69, 9.17) is 18.9 Å². The molecule has 12 nitrogen and oxygen atoms in total. The van der Waals surface area contributed by atoms with Crippen molar-refractivity contribution in [1.82, 2.24) is 0 Å². The molecule has 4 N–H and O–H groups in total. The van der Waals surface area contributed by atoms with E-state index in [0.29, 0.717) is 12.8 Å². The Kier molecular flexibility index (Phi) is 37.5. The van der Waals surface area contributed by atoms with Crippen molar-refractivity contribution in [2.45, 2.75) is 250 Å². The van der Waals surface area contributed by atoms with Crippen LogP contribution in [0.4, 0.5) is 0 Å². The van der Waals surface area contributed by atoms with E-state index in [-0.39, 0.29) is 19.4 Å². The van der Waals surface area contributed by atoms with E-state index in [1.807, 2.05) is 0 Å². The highest BCUT2D eigenvalue weighted by molar-refractivity contribution is 7.85. The van der Waals surface area contributed by atoms with Gasteiger partial charge in [0.15, 0.2) is 12.4 Å². The minimum Gasteiger partial charge on any atom is -0.462 e. The number of carbonyl (C=O) groups is 2. The number of aliphatic hydroxyl groups is 3. The van der Waals surface area contributed by atoms with Crippen molar-refractivity contribution >= 4 is 22.1 Å². The first-order valence-corrected chi connectivity index (χ1v) is 26.7. The second-order valence-electron chi connectivity index (χ2n) is 17.5. The maximum Gasteiger partial charge on any atom is 0.306 e. The summed E-state index contributed by atoms with van der Waals surface area (Å²) in [5.74, 6) is -2.00. The monoisotopic (exact) mass is 915 g/mol. The van der Waals surface area contributed by atoms with Gasteiger partial charge in [-0.25, -0.2) is 0 Å². The zero-order chi connectivity index (χ0) is 46.2. The van der Waals surface area contributed by atoms with Crippen molar-refractivity contribution in [2.75, 3.05) is 19.0 Å². The van der Waals surface area contributed by atoms with Gasteiger partial charge in [0.2, 0.25) is 0 Å².